The Kier molecular flexibility index (Phi) is 3.73. The van der Waals surface area contributed by atoms with Gasteiger partial charge in [0.25, 0.3) is 0 Å². The van der Waals surface area contributed by atoms with E-state index in [0.717, 1.165) is 0 Å². The fourth-order valence-corrected chi connectivity index (χ4v) is 4.09. The summed E-state index contributed by atoms with van der Waals surface area (Å²) in [6.07, 6.45) is 1.23. The van der Waals surface area contributed by atoms with Crippen LogP contribution in [0.15, 0.2) is 54.6 Å². The number of piperazine rings is 1. The van der Waals surface area contributed by atoms with Crippen molar-refractivity contribution in [2.24, 2.45) is 0 Å². The van der Waals surface area contributed by atoms with Gasteiger partial charge in [0.2, 0.25) is 0 Å². The fraction of sp³-hybridized carbons (Fsp3) is 0.400. The molecule has 1 heterocycles. The minimum atomic E-state index is 0.557. The second-order valence-electron chi connectivity index (χ2n) is 6.68. The molecular formula is C20H24N2. The third-order valence-electron chi connectivity index (χ3n) is 5.37. The van der Waals surface area contributed by atoms with Crippen LogP contribution in [0.1, 0.15) is 35.1 Å². The molecule has 1 aliphatic carbocycles. The van der Waals surface area contributed by atoms with Gasteiger partial charge in [-0.25, -0.2) is 0 Å². The van der Waals surface area contributed by atoms with Gasteiger partial charge in [0.05, 0.1) is 0 Å². The van der Waals surface area contributed by atoms with E-state index in [-0.39, 0.29) is 0 Å². The SMILES string of the molecule is CN1CCN([C@@H]2C[C@H](c3ccccc3)c3ccccc32)CC1. The quantitative estimate of drug-likeness (QED) is 0.836. The molecule has 0 aromatic heterocycles. The predicted molar refractivity (Wildman–Crippen MR) is 91.2 cm³/mol. The molecule has 0 bridgehead atoms. The van der Waals surface area contributed by atoms with Crippen molar-refractivity contribution in [3.63, 3.8) is 0 Å². The standard InChI is InChI=1S/C20H24N2/c1-21-11-13-22(14-12-21)20-15-19(16-7-3-2-4-8-16)17-9-5-6-10-18(17)20/h2-10,19-20H,11-15H2,1H3/t19-,20-/m1/s1. The lowest BCUT2D eigenvalue weighted by atomic mass is 9.93. The maximum absolute atomic E-state index is 2.70. The summed E-state index contributed by atoms with van der Waals surface area (Å²) in [5.41, 5.74) is 4.56. The zero-order chi connectivity index (χ0) is 14.9. The summed E-state index contributed by atoms with van der Waals surface area (Å²) in [5, 5.41) is 0. The number of hydrogen-bond donors (Lipinski definition) is 0. The molecule has 2 heteroatoms. The van der Waals surface area contributed by atoms with Gasteiger partial charge in [0, 0.05) is 38.1 Å². The highest BCUT2D eigenvalue weighted by Gasteiger charge is 2.35. The van der Waals surface area contributed by atoms with Crippen molar-refractivity contribution < 1.29 is 0 Å². The van der Waals surface area contributed by atoms with Crippen molar-refractivity contribution in [1.82, 2.24) is 9.80 Å². The average molecular weight is 292 g/mol. The molecule has 1 aliphatic heterocycles. The first-order valence-corrected chi connectivity index (χ1v) is 8.39. The van der Waals surface area contributed by atoms with E-state index >= 15 is 0 Å². The average Bonchev–Trinajstić information content (AvgIpc) is 2.96. The Bertz CT molecular complexity index is 629. The predicted octanol–water partition coefficient (Wildman–Crippen LogP) is 3.51. The smallest absolute Gasteiger partial charge is 0.0361 e. The molecule has 2 aromatic carbocycles. The van der Waals surface area contributed by atoms with Gasteiger partial charge in [-0.1, -0.05) is 54.6 Å². The Morgan fingerprint density at radius 1 is 0.773 bits per heavy atom. The lowest BCUT2D eigenvalue weighted by Gasteiger charge is -2.37. The van der Waals surface area contributed by atoms with Gasteiger partial charge in [0.1, 0.15) is 0 Å². The summed E-state index contributed by atoms with van der Waals surface area (Å²) in [5.74, 6) is 0.557. The van der Waals surface area contributed by atoms with Crippen molar-refractivity contribution in [3.05, 3.63) is 71.3 Å². The van der Waals surface area contributed by atoms with Crippen LogP contribution >= 0.6 is 0 Å². The molecule has 2 aliphatic rings. The number of nitrogens with zero attached hydrogens (tertiary/aromatic N) is 2. The molecule has 2 nitrogen and oxygen atoms in total. The Morgan fingerprint density at radius 2 is 1.41 bits per heavy atom. The third-order valence-corrected chi connectivity index (χ3v) is 5.37. The summed E-state index contributed by atoms with van der Waals surface area (Å²) >= 11 is 0. The molecule has 2 atom stereocenters. The first kappa shape index (κ1) is 14.0. The van der Waals surface area contributed by atoms with Crippen molar-refractivity contribution in [3.8, 4) is 0 Å². The van der Waals surface area contributed by atoms with E-state index in [9.17, 15) is 0 Å². The van der Waals surface area contributed by atoms with Crippen LogP contribution in [0.4, 0.5) is 0 Å². The lowest BCUT2D eigenvalue weighted by molar-refractivity contribution is 0.110. The summed E-state index contributed by atoms with van der Waals surface area (Å²) in [6.45, 7) is 4.76. The molecule has 1 fully saturated rings. The zero-order valence-corrected chi connectivity index (χ0v) is 13.3. The van der Waals surface area contributed by atoms with Crippen molar-refractivity contribution in [1.29, 1.82) is 0 Å². The summed E-state index contributed by atoms with van der Waals surface area (Å²) in [7, 11) is 2.23. The molecule has 0 saturated carbocycles. The molecule has 2 aromatic rings. The number of fused-ring (bicyclic) bond motifs is 1. The number of likely N-dealkylation sites (N-methyl/N-ethyl adjacent to an activating group) is 1. The van der Waals surface area contributed by atoms with E-state index in [1.807, 2.05) is 0 Å². The summed E-state index contributed by atoms with van der Waals surface area (Å²) in [4.78, 5) is 5.13. The highest BCUT2D eigenvalue weighted by Crippen LogP contribution is 2.46. The van der Waals surface area contributed by atoms with E-state index in [0.29, 0.717) is 12.0 Å². The first-order chi connectivity index (χ1) is 10.8. The Labute approximate surface area is 133 Å². The first-order valence-electron chi connectivity index (χ1n) is 8.39. The van der Waals surface area contributed by atoms with E-state index in [1.54, 1.807) is 5.56 Å². The minimum absolute atomic E-state index is 0.557. The van der Waals surface area contributed by atoms with Crippen LogP contribution < -0.4 is 0 Å². The zero-order valence-electron chi connectivity index (χ0n) is 13.3. The summed E-state index contributed by atoms with van der Waals surface area (Å²) < 4.78 is 0. The van der Waals surface area contributed by atoms with Gasteiger partial charge in [-0.2, -0.15) is 0 Å². The molecule has 0 amide bonds. The van der Waals surface area contributed by atoms with Crippen LogP contribution in [-0.2, 0) is 0 Å². The highest BCUT2D eigenvalue weighted by atomic mass is 15.3. The van der Waals surface area contributed by atoms with Crippen LogP contribution in [0.5, 0.6) is 0 Å². The normalized spacial score (nSPS) is 26.0. The van der Waals surface area contributed by atoms with E-state index in [2.05, 4.69) is 71.4 Å². The van der Waals surface area contributed by atoms with Crippen LogP contribution in [0.25, 0.3) is 0 Å². The van der Waals surface area contributed by atoms with Crippen molar-refractivity contribution >= 4 is 0 Å². The number of hydrogen-bond acceptors (Lipinski definition) is 2. The van der Waals surface area contributed by atoms with Crippen molar-refractivity contribution in [2.75, 3.05) is 33.2 Å². The fourth-order valence-electron chi connectivity index (χ4n) is 4.09. The number of benzene rings is 2. The largest absolute Gasteiger partial charge is 0.304 e. The van der Waals surface area contributed by atoms with Crippen molar-refractivity contribution in [2.45, 2.75) is 18.4 Å². The second kappa shape index (κ2) is 5.86. The van der Waals surface area contributed by atoms with Gasteiger partial charge in [-0.15, -0.1) is 0 Å². The van der Waals surface area contributed by atoms with Crippen LogP contribution in [0, 0.1) is 0 Å². The van der Waals surface area contributed by atoms with Crippen LogP contribution in [-0.4, -0.2) is 43.0 Å². The Hall–Kier alpha value is -1.64. The van der Waals surface area contributed by atoms with Crippen LogP contribution in [0.2, 0.25) is 0 Å². The van der Waals surface area contributed by atoms with Crippen LogP contribution in [0.3, 0.4) is 0 Å². The van der Waals surface area contributed by atoms with Gasteiger partial charge < -0.3 is 4.90 Å². The molecule has 4 rings (SSSR count). The maximum Gasteiger partial charge on any atom is 0.0361 e. The Balaban J connectivity index is 1.65. The van der Waals surface area contributed by atoms with Gasteiger partial charge in [-0.05, 0) is 30.2 Å². The number of rotatable bonds is 2. The third kappa shape index (κ3) is 2.47. The minimum Gasteiger partial charge on any atom is -0.304 e. The monoisotopic (exact) mass is 292 g/mol. The lowest BCUT2D eigenvalue weighted by Crippen LogP contribution is -2.45. The molecule has 0 spiro atoms. The molecular weight excluding hydrogens is 268 g/mol. The Morgan fingerprint density at radius 3 is 2.14 bits per heavy atom. The van der Waals surface area contributed by atoms with Gasteiger partial charge in [-0.3, -0.25) is 4.90 Å². The highest BCUT2D eigenvalue weighted by molar-refractivity contribution is 5.44. The molecule has 114 valence electrons. The maximum atomic E-state index is 2.70. The second-order valence-corrected chi connectivity index (χ2v) is 6.68. The molecule has 0 radical (unpaired) electrons. The van der Waals surface area contributed by atoms with Gasteiger partial charge in [0.15, 0.2) is 0 Å². The van der Waals surface area contributed by atoms with Gasteiger partial charge >= 0.3 is 0 Å². The molecule has 22 heavy (non-hydrogen) atoms. The van der Waals surface area contributed by atoms with E-state index in [1.165, 1.54) is 43.7 Å². The van der Waals surface area contributed by atoms with E-state index < -0.39 is 0 Å². The summed E-state index contributed by atoms with van der Waals surface area (Å²) in [6, 6.07) is 20.7. The molecule has 1 saturated heterocycles. The molecule has 0 unspecified atom stereocenters. The van der Waals surface area contributed by atoms with E-state index in [4.69, 9.17) is 0 Å². The topological polar surface area (TPSA) is 6.48 Å². The molecule has 0 N–H and O–H groups in total.